The van der Waals surface area contributed by atoms with Crippen molar-refractivity contribution < 1.29 is 28.8 Å². The summed E-state index contributed by atoms with van der Waals surface area (Å²) in [6.45, 7) is 3.56. The van der Waals surface area contributed by atoms with Gasteiger partial charge in [0.05, 0.1) is 15.6 Å². The number of nitrogens with zero attached hydrogens (tertiary/aromatic N) is 2. The van der Waals surface area contributed by atoms with Gasteiger partial charge in [0.25, 0.3) is 17.5 Å². The lowest BCUT2D eigenvalue weighted by Crippen LogP contribution is -2.42. The number of rotatable bonds is 6. The van der Waals surface area contributed by atoms with Gasteiger partial charge in [-0.05, 0) is 26.8 Å². The molecule has 0 saturated carbocycles. The Labute approximate surface area is 164 Å². The second-order valence-electron chi connectivity index (χ2n) is 6.49. The average molecular weight is 413 g/mol. The van der Waals surface area contributed by atoms with Crippen molar-refractivity contribution in [2.24, 2.45) is 0 Å². The van der Waals surface area contributed by atoms with Crippen LogP contribution in [0.25, 0.3) is 0 Å². The molecule has 1 unspecified atom stereocenters. The van der Waals surface area contributed by atoms with E-state index in [4.69, 9.17) is 16.3 Å². The second-order valence-corrected chi connectivity index (χ2v) is 6.90. The summed E-state index contributed by atoms with van der Waals surface area (Å²) in [6, 6.07) is 2.73. The molecule has 1 atom stereocenters. The minimum absolute atomic E-state index is 0.0281. The first-order valence-electron chi connectivity index (χ1n) is 8.01. The Bertz CT molecular complexity index is 871. The highest BCUT2D eigenvalue weighted by atomic mass is 35.5. The van der Waals surface area contributed by atoms with Crippen molar-refractivity contribution in [3.8, 4) is 0 Å². The lowest BCUT2D eigenvalue weighted by Gasteiger charge is -2.17. The molecule has 12 heteroatoms. The number of hydrogen-bond acceptors (Lipinski definition) is 7. The van der Waals surface area contributed by atoms with Crippen LogP contribution in [0.4, 0.5) is 16.2 Å². The number of nitrogens with one attached hydrogen (secondary N) is 2. The molecule has 1 aromatic carbocycles. The third kappa shape index (κ3) is 4.55. The summed E-state index contributed by atoms with van der Waals surface area (Å²) in [6.07, 6.45) is -1.31. The molecule has 1 heterocycles. The number of anilines is 1. The number of imide groups is 1. The second kappa shape index (κ2) is 7.80. The van der Waals surface area contributed by atoms with E-state index in [1.165, 1.54) is 32.9 Å². The number of amides is 4. The van der Waals surface area contributed by atoms with Crippen LogP contribution in [-0.2, 0) is 19.1 Å². The third-order valence-corrected chi connectivity index (χ3v) is 4.16. The van der Waals surface area contributed by atoms with Crippen LogP contribution in [0.1, 0.15) is 20.8 Å². The van der Waals surface area contributed by atoms with Crippen LogP contribution < -0.4 is 10.6 Å². The number of benzene rings is 1. The molecule has 1 saturated heterocycles. The van der Waals surface area contributed by atoms with E-state index >= 15 is 0 Å². The van der Waals surface area contributed by atoms with E-state index < -0.39 is 46.9 Å². The van der Waals surface area contributed by atoms with Gasteiger partial charge in [0.2, 0.25) is 0 Å². The van der Waals surface area contributed by atoms with Crippen molar-refractivity contribution in [1.82, 2.24) is 10.2 Å². The van der Waals surface area contributed by atoms with Gasteiger partial charge in [-0.25, -0.2) is 4.79 Å². The Balaban J connectivity index is 1.98. The summed E-state index contributed by atoms with van der Waals surface area (Å²) in [5, 5.41) is 15.6. The summed E-state index contributed by atoms with van der Waals surface area (Å²) in [5.74, 6) is -2.38. The largest absolute Gasteiger partial charge is 0.451 e. The lowest BCUT2D eigenvalue weighted by atomic mass is 10.1. The molecule has 0 spiro atoms. The van der Waals surface area contributed by atoms with Gasteiger partial charge in [-0.1, -0.05) is 11.6 Å². The smallest absolute Gasteiger partial charge is 0.327 e. The highest BCUT2D eigenvalue weighted by Crippen LogP contribution is 2.27. The van der Waals surface area contributed by atoms with Crippen LogP contribution in [0.2, 0.25) is 5.02 Å². The molecule has 1 aromatic rings. The molecular formula is C16H17ClN4O7. The van der Waals surface area contributed by atoms with Gasteiger partial charge >= 0.3 is 12.0 Å². The van der Waals surface area contributed by atoms with Crippen molar-refractivity contribution in [3.63, 3.8) is 0 Å². The van der Waals surface area contributed by atoms with Crippen molar-refractivity contribution in [1.29, 1.82) is 0 Å². The van der Waals surface area contributed by atoms with Gasteiger partial charge in [0, 0.05) is 12.1 Å². The molecule has 1 aliphatic heterocycles. The minimum Gasteiger partial charge on any atom is -0.451 e. The molecule has 0 aliphatic carbocycles. The number of urea groups is 1. The summed E-state index contributed by atoms with van der Waals surface area (Å²) in [7, 11) is 0. The molecule has 4 amide bonds. The quantitative estimate of drug-likeness (QED) is 0.311. The van der Waals surface area contributed by atoms with E-state index in [1.807, 2.05) is 0 Å². The molecular weight excluding hydrogens is 396 g/mol. The van der Waals surface area contributed by atoms with E-state index in [0.717, 1.165) is 6.07 Å². The fourth-order valence-electron chi connectivity index (χ4n) is 2.34. The van der Waals surface area contributed by atoms with Gasteiger partial charge in [0.15, 0.2) is 6.10 Å². The monoisotopic (exact) mass is 412 g/mol. The van der Waals surface area contributed by atoms with E-state index in [-0.39, 0.29) is 16.4 Å². The SMILES string of the molecule is CC(OC(=O)CN1C(=O)NC(C)(C)C1=O)C(=O)Nc1cc([N+](=O)[O-])ccc1Cl. The lowest BCUT2D eigenvalue weighted by molar-refractivity contribution is -0.384. The van der Waals surface area contributed by atoms with Gasteiger partial charge in [-0.3, -0.25) is 29.4 Å². The predicted octanol–water partition coefficient (Wildman–Crippen LogP) is 1.45. The fraction of sp³-hybridized carbons (Fsp3) is 0.375. The Morgan fingerprint density at radius 2 is 2.04 bits per heavy atom. The molecule has 1 fully saturated rings. The van der Waals surface area contributed by atoms with E-state index in [9.17, 15) is 29.3 Å². The number of nitro benzene ring substituents is 1. The first-order chi connectivity index (χ1) is 12.9. The van der Waals surface area contributed by atoms with Crippen molar-refractivity contribution >= 4 is 46.8 Å². The average Bonchev–Trinajstić information content (AvgIpc) is 2.78. The maximum absolute atomic E-state index is 12.2. The zero-order chi connectivity index (χ0) is 21.2. The molecule has 150 valence electrons. The number of halogens is 1. The van der Waals surface area contributed by atoms with Crippen LogP contribution in [0.15, 0.2) is 18.2 Å². The highest BCUT2D eigenvalue weighted by molar-refractivity contribution is 6.33. The van der Waals surface area contributed by atoms with Gasteiger partial charge < -0.3 is 15.4 Å². The number of nitro groups is 1. The Morgan fingerprint density at radius 3 is 2.57 bits per heavy atom. The van der Waals surface area contributed by atoms with Crippen LogP contribution in [-0.4, -0.2) is 51.8 Å². The number of carbonyl (C=O) groups excluding carboxylic acids is 4. The highest BCUT2D eigenvalue weighted by Gasteiger charge is 2.45. The van der Waals surface area contributed by atoms with Gasteiger partial charge in [-0.2, -0.15) is 0 Å². The van der Waals surface area contributed by atoms with E-state index in [2.05, 4.69) is 10.6 Å². The molecule has 0 radical (unpaired) electrons. The molecule has 2 rings (SSSR count). The Morgan fingerprint density at radius 1 is 1.39 bits per heavy atom. The van der Waals surface area contributed by atoms with Gasteiger partial charge in [-0.15, -0.1) is 0 Å². The zero-order valence-electron chi connectivity index (χ0n) is 15.1. The minimum atomic E-state index is -1.31. The van der Waals surface area contributed by atoms with Crippen molar-refractivity contribution in [2.75, 3.05) is 11.9 Å². The first-order valence-corrected chi connectivity index (χ1v) is 8.38. The van der Waals surface area contributed by atoms with Crippen LogP contribution in [0, 0.1) is 10.1 Å². The number of esters is 1. The van der Waals surface area contributed by atoms with Crippen molar-refractivity contribution in [2.45, 2.75) is 32.4 Å². The molecule has 0 bridgehead atoms. The topological polar surface area (TPSA) is 148 Å². The summed E-state index contributed by atoms with van der Waals surface area (Å²) < 4.78 is 4.93. The van der Waals surface area contributed by atoms with Gasteiger partial charge in [0.1, 0.15) is 12.1 Å². The van der Waals surface area contributed by atoms with E-state index in [1.54, 1.807) is 0 Å². The van der Waals surface area contributed by atoms with E-state index in [0.29, 0.717) is 4.90 Å². The molecule has 2 N–H and O–H groups in total. The summed E-state index contributed by atoms with van der Waals surface area (Å²) >= 11 is 5.89. The zero-order valence-corrected chi connectivity index (χ0v) is 15.9. The third-order valence-electron chi connectivity index (χ3n) is 3.83. The van der Waals surface area contributed by atoms with Crippen LogP contribution >= 0.6 is 11.6 Å². The molecule has 11 nitrogen and oxygen atoms in total. The molecule has 0 aromatic heterocycles. The summed E-state index contributed by atoms with van der Waals surface area (Å²) in [4.78, 5) is 58.8. The van der Waals surface area contributed by atoms with Crippen LogP contribution in [0.5, 0.6) is 0 Å². The number of hydrogen-bond donors (Lipinski definition) is 2. The fourth-order valence-corrected chi connectivity index (χ4v) is 2.50. The Kier molecular flexibility index (Phi) is 5.88. The summed E-state index contributed by atoms with van der Waals surface area (Å²) in [5.41, 5.74) is -1.45. The first kappa shape index (κ1) is 21.1. The molecule has 1 aliphatic rings. The number of carbonyl (C=O) groups is 4. The molecule has 28 heavy (non-hydrogen) atoms. The maximum atomic E-state index is 12.2. The predicted molar refractivity (Wildman–Crippen MR) is 96.6 cm³/mol. The number of ether oxygens (including phenoxy) is 1. The number of non-ortho nitro benzene ring substituents is 1. The standard InChI is InChI=1S/C16H17ClN4O7/c1-8(13(23)18-11-6-9(21(26)27)4-5-10(11)17)28-12(22)7-20-14(24)16(2,3)19-15(20)25/h4-6,8H,7H2,1-3H3,(H,18,23)(H,19,25). The van der Waals surface area contributed by atoms with Crippen molar-refractivity contribution in [3.05, 3.63) is 33.3 Å². The van der Waals surface area contributed by atoms with Crippen LogP contribution in [0.3, 0.4) is 0 Å². The Hall–Kier alpha value is -3.21. The normalized spacial score (nSPS) is 16.4. The maximum Gasteiger partial charge on any atom is 0.327 e.